The van der Waals surface area contributed by atoms with Crippen molar-refractivity contribution in [3.63, 3.8) is 0 Å². The first-order chi connectivity index (χ1) is 21.9. The van der Waals surface area contributed by atoms with Crippen LogP contribution in [0.1, 0.15) is 58.5 Å². The standard InChI is InChI=1S/C32H37F4N5O6/c1-18(2)25(37-26(42)23-17-20(32(34,35)36)6-9-24(23)33)27(43)39-12-10-31(11-13-39)29(46)40(15-14-38(4)5)30(47)41(31)21-7-8-22(28(44)45)19(3)16-21/h6-9,16-18,25H,10-15H2,1-5H3,(H,37,42)(H,44,45). The zero-order valence-electron chi connectivity index (χ0n) is 26.7. The van der Waals surface area contributed by atoms with Gasteiger partial charge in [0.05, 0.1) is 16.7 Å². The summed E-state index contributed by atoms with van der Waals surface area (Å²) >= 11 is 0. The molecule has 2 aromatic carbocycles. The number of anilines is 1. The largest absolute Gasteiger partial charge is 0.478 e. The minimum absolute atomic E-state index is 0.0148. The fourth-order valence-corrected chi connectivity index (χ4v) is 5.96. The maximum Gasteiger partial charge on any atom is 0.416 e. The molecular formula is C32H37F4N5O6. The van der Waals surface area contributed by atoms with Gasteiger partial charge in [0.1, 0.15) is 17.4 Å². The number of aromatic carboxylic acids is 1. The average molecular weight is 664 g/mol. The number of rotatable bonds is 9. The van der Waals surface area contributed by atoms with Crippen molar-refractivity contribution in [3.05, 3.63) is 64.5 Å². The molecule has 2 aromatic rings. The Morgan fingerprint density at radius 3 is 2.19 bits per heavy atom. The Morgan fingerprint density at radius 1 is 1.02 bits per heavy atom. The van der Waals surface area contributed by atoms with Crippen LogP contribution >= 0.6 is 0 Å². The van der Waals surface area contributed by atoms with Crippen LogP contribution in [-0.4, -0.2) is 101 Å². The number of imide groups is 1. The Kier molecular flexibility index (Phi) is 9.99. The van der Waals surface area contributed by atoms with Crippen LogP contribution < -0.4 is 10.2 Å². The number of carbonyl (C=O) groups excluding carboxylic acids is 4. The molecule has 2 N–H and O–H groups in total. The molecule has 0 saturated carbocycles. The van der Waals surface area contributed by atoms with Gasteiger partial charge >= 0.3 is 18.2 Å². The van der Waals surface area contributed by atoms with Gasteiger partial charge in [-0.3, -0.25) is 24.2 Å². The van der Waals surface area contributed by atoms with Gasteiger partial charge in [0.15, 0.2) is 0 Å². The number of likely N-dealkylation sites (tertiary alicyclic amines) is 1. The average Bonchev–Trinajstić information content (AvgIpc) is 3.18. The lowest BCUT2D eigenvalue weighted by molar-refractivity contribution is -0.139. The molecule has 11 nitrogen and oxygen atoms in total. The zero-order chi connectivity index (χ0) is 35.0. The maximum absolute atomic E-state index is 14.4. The number of piperidine rings is 1. The molecule has 2 fully saturated rings. The number of carbonyl (C=O) groups is 5. The third-order valence-corrected chi connectivity index (χ3v) is 8.62. The van der Waals surface area contributed by atoms with Gasteiger partial charge in [-0.2, -0.15) is 13.2 Å². The molecule has 5 amide bonds. The van der Waals surface area contributed by atoms with Crippen molar-refractivity contribution in [2.75, 3.05) is 45.2 Å². The van der Waals surface area contributed by atoms with E-state index in [-0.39, 0.29) is 38.0 Å². The van der Waals surface area contributed by atoms with Gasteiger partial charge in [-0.1, -0.05) is 13.8 Å². The predicted molar refractivity (Wildman–Crippen MR) is 162 cm³/mol. The molecule has 1 atom stereocenters. The monoisotopic (exact) mass is 663 g/mol. The number of hydrogen-bond acceptors (Lipinski definition) is 6. The number of amides is 5. The van der Waals surface area contributed by atoms with E-state index in [9.17, 15) is 46.6 Å². The number of benzene rings is 2. The number of nitrogens with zero attached hydrogens (tertiary/aromatic N) is 4. The number of carboxylic acids is 1. The number of hydrogen-bond donors (Lipinski definition) is 2. The molecule has 1 unspecified atom stereocenters. The van der Waals surface area contributed by atoms with E-state index in [1.165, 1.54) is 28.0 Å². The first kappa shape index (κ1) is 35.3. The predicted octanol–water partition coefficient (Wildman–Crippen LogP) is 4.00. The smallest absolute Gasteiger partial charge is 0.416 e. The Morgan fingerprint density at radius 2 is 1.66 bits per heavy atom. The van der Waals surface area contributed by atoms with Crippen LogP contribution in [-0.2, 0) is 15.8 Å². The van der Waals surface area contributed by atoms with Crippen LogP contribution in [0, 0.1) is 18.7 Å². The highest BCUT2D eigenvalue weighted by molar-refractivity contribution is 6.17. The lowest BCUT2D eigenvalue weighted by Gasteiger charge is -2.43. The quantitative estimate of drug-likeness (QED) is 0.307. The van der Waals surface area contributed by atoms with Gasteiger partial charge in [-0.05, 0) is 81.7 Å². The Hall–Kier alpha value is -4.53. The van der Waals surface area contributed by atoms with E-state index in [0.717, 1.165) is 4.90 Å². The zero-order valence-corrected chi connectivity index (χ0v) is 26.7. The molecule has 4 rings (SSSR count). The summed E-state index contributed by atoms with van der Waals surface area (Å²) in [5.41, 5.74) is -2.70. The molecule has 47 heavy (non-hydrogen) atoms. The second kappa shape index (κ2) is 13.3. The minimum Gasteiger partial charge on any atom is -0.478 e. The van der Waals surface area contributed by atoms with E-state index in [2.05, 4.69) is 5.32 Å². The van der Waals surface area contributed by atoms with Gasteiger partial charge in [-0.25, -0.2) is 14.0 Å². The molecule has 0 radical (unpaired) electrons. The topological polar surface area (TPSA) is 131 Å². The van der Waals surface area contributed by atoms with Gasteiger partial charge in [0.25, 0.3) is 11.8 Å². The maximum atomic E-state index is 14.4. The van der Waals surface area contributed by atoms with Gasteiger partial charge in [0.2, 0.25) is 5.91 Å². The van der Waals surface area contributed by atoms with Crippen molar-refractivity contribution < 1.29 is 46.6 Å². The molecular weight excluding hydrogens is 626 g/mol. The fraction of sp³-hybridized carbons (Fsp3) is 0.469. The highest BCUT2D eigenvalue weighted by Gasteiger charge is 2.59. The first-order valence-corrected chi connectivity index (χ1v) is 15.0. The summed E-state index contributed by atoms with van der Waals surface area (Å²) in [5.74, 6) is -5.08. The number of alkyl halides is 3. The van der Waals surface area contributed by atoms with Crippen molar-refractivity contribution in [1.29, 1.82) is 0 Å². The van der Waals surface area contributed by atoms with Crippen LogP contribution in [0.2, 0.25) is 0 Å². The summed E-state index contributed by atoms with van der Waals surface area (Å²) in [7, 11) is 3.59. The summed E-state index contributed by atoms with van der Waals surface area (Å²) in [4.78, 5) is 71.8. The summed E-state index contributed by atoms with van der Waals surface area (Å²) in [6.07, 6.45) is -4.78. The van der Waals surface area contributed by atoms with Crippen molar-refractivity contribution in [3.8, 4) is 0 Å². The second-order valence-corrected chi connectivity index (χ2v) is 12.4. The lowest BCUT2D eigenvalue weighted by atomic mass is 9.84. The van der Waals surface area contributed by atoms with Crippen LogP contribution in [0.3, 0.4) is 0 Å². The van der Waals surface area contributed by atoms with E-state index in [1.807, 2.05) is 4.90 Å². The molecule has 0 aromatic heterocycles. The van der Waals surface area contributed by atoms with E-state index in [4.69, 9.17) is 0 Å². The lowest BCUT2D eigenvalue weighted by Crippen LogP contribution is -2.60. The molecule has 2 aliphatic heterocycles. The molecule has 0 bridgehead atoms. The van der Waals surface area contributed by atoms with E-state index in [0.29, 0.717) is 36.0 Å². The molecule has 2 aliphatic rings. The van der Waals surface area contributed by atoms with Gasteiger partial charge in [0, 0.05) is 31.9 Å². The Bertz CT molecular complexity index is 1590. The van der Waals surface area contributed by atoms with E-state index < -0.39 is 70.3 Å². The number of nitrogens with one attached hydrogen (secondary N) is 1. The number of halogens is 4. The summed E-state index contributed by atoms with van der Waals surface area (Å²) in [5, 5.41) is 11.9. The molecule has 0 aliphatic carbocycles. The number of carboxylic acid groups (broad SMARTS) is 1. The van der Waals surface area contributed by atoms with Crippen molar-refractivity contribution >= 4 is 35.4 Å². The van der Waals surface area contributed by atoms with Gasteiger partial charge in [-0.15, -0.1) is 0 Å². The molecule has 2 heterocycles. The van der Waals surface area contributed by atoms with Crippen LogP contribution in [0.25, 0.3) is 0 Å². The number of likely N-dealkylation sites (N-methyl/N-ethyl adjacent to an activating group) is 1. The summed E-state index contributed by atoms with van der Waals surface area (Å²) in [6, 6.07) is 4.00. The van der Waals surface area contributed by atoms with Crippen molar-refractivity contribution in [2.24, 2.45) is 5.92 Å². The number of aryl methyl sites for hydroxylation is 1. The van der Waals surface area contributed by atoms with Crippen LogP contribution in [0.15, 0.2) is 36.4 Å². The molecule has 1 spiro atoms. The van der Waals surface area contributed by atoms with Gasteiger partial charge < -0.3 is 20.2 Å². The van der Waals surface area contributed by atoms with E-state index in [1.54, 1.807) is 34.9 Å². The van der Waals surface area contributed by atoms with E-state index >= 15 is 0 Å². The van der Waals surface area contributed by atoms with Crippen molar-refractivity contribution in [1.82, 2.24) is 20.0 Å². The Balaban J connectivity index is 1.59. The highest BCUT2D eigenvalue weighted by Crippen LogP contribution is 2.41. The third kappa shape index (κ3) is 6.94. The SMILES string of the molecule is Cc1cc(N2C(=O)N(CCN(C)C)C(=O)C23CCN(C(=O)C(NC(=O)c2cc(C(F)(F)F)ccc2F)C(C)C)CC3)ccc1C(=O)O. The molecule has 15 heteroatoms. The van der Waals surface area contributed by atoms with Crippen molar-refractivity contribution in [2.45, 2.75) is 51.4 Å². The summed E-state index contributed by atoms with van der Waals surface area (Å²) < 4.78 is 54.1. The highest BCUT2D eigenvalue weighted by atomic mass is 19.4. The van der Waals surface area contributed by atoms with Crippen LogP contribution in [0.5, 0.6) is 0 Å². The normalized spacial score (nSPS) is 17.2. The molecule has 2 saturated heterocycles. The third-order valence-electron chi connectivity index (χ3n) is 8.62. The van der Waals surface area contributed by atoms with Crippen LogP contribution in [0.4, 0.5) is 28.0 Å². The molecule has 254 valence electrons. The Labute approximate surface area is 269 Å². The minimum atomic E-state index is -4.81. The number of urea groups is 1. The first-order valence-electron chi connectivity index (χ1n) is 15.0. The second-order valence-electron chi connectivity index (χ2n) is 12.4. The summed E-state index contributed by atoms with van der Waals surface area (Å²) in [6.45, 7) is 5.28. The fourth-order valence-electron chi connectivity index (χ4n) is 5.96.